The molecule has 33 N–H and O–H groups in total. The van der Waals surface area contributed by atoms with Crippen LogP contribution >= 0.6 is 0 Å². The van der Waals surface area contributed by atoms with Crippen LogP contribution in [0.2, 0.25) is 0 Å². The fourth-order valence-electron chi connectivity index (χ4n) is 9.06. The number of nitrogens with zero attached hydrogens (tertiary/aromatic N) is 4. The molecule has 0 bridgehead atoms. The number of hydrogen-bond donors (Lipinski definition) is 22. The Morgan fingerprint density at radius 1 is 0.333 bits per heavy atom. The molecule has 10 amide bonds. The molecule has 0 aliphatic heterocycles. The standard InChI is InChI=1S/C56H109N25O12/c1-31(2)42(50(90)78-39(22-15-29-71-56(66)67)47(87)77-38(21-14-28-70-55(64)65)46(86)75-36(16-6-9-23-57)48(88)79-40(52(92)93)18-8-11-25-59)81-51(91)43(32(3)4)80-49(89)37(17-7-10-24-58)76-45(85)35(20-13-27-69-54(62)63)74-41(83)30-72-44(84)34(73-33(5)82)19-12-26-68-53(60)61/h31-32,34-40,42-43H,6-30,57-59H2,1-5H3,(H,72,84)(H,73,82)(H,74,83)(H,75,86)(H,76,85)(H,77,87)(H,78,90)(H,79,88)(H,80,89)(H,81,91)(H,92,93)(H4,60,61,68)(H4,62,63,69)(H4,64,65,70)(H4,66,67,71)/t34-,35-,36-,37-,38-,39-,40-,42-,43-/m0/s1. The molecule has 0 aromatic carbocycles. The summed E-state index contributed by atoms with van der Waals surface area (Å²) in [5, 5.41) is 36.0. The van der Waals surface area contributed by atoms with Crippen molar-refractivity contribution < 1.29 is 57.8 Å². The first kappa shape index (κ1) is 84.1. The first-order valence-electron chi connectivity index (χ1n) is 31.4. The molecule has 9 atom stereocenters. The summed E-state index contributed by atoms with van der Waals surface area (Å²) in [6.45, 7) is 8.07. The molecule has 37 heteroatoms. The zero-order valence-corrected chi connectivity index (χ0v) is 54.6. The number of carboxylic acids is 1. The van der Waals surface area contributed by atoms with Gasteiger partial charge in [0.15, 0.2) is 23.8 Å². The molecule has 0 aliphatic rings. The van der Waals surface area contributed by atoms with E-state index in [4.69, 9.17) is 63.1 Å². The number of carbonyl (C=O) groups excluding carboxylic acids is 10. The van der Waals surface area contributed by atoms with Gasteiger partial charge >= 0.3 is 5.97 Å². The summed E-state index contributed by atoms with van der Waals surface area (Å²) in [4.78, 5) is 166. The van der Waals surface area contributed by atoms with Gasteiger partial charge in [0.1, 0.15) is 54.4 Å². The van der Waals surface area contributed by atoms with Crippen LogP contribution in [0.4, 0.5) is 0 Å². The lowest BCUT2D eigenvalue weighted by atomic mass is 9.98. The minimum Gasteiger partial charge on any atom is -0.480 e. The Hall–Kier alpha value is -8.87. The molecule has 0 aliphatic carbocycles. The molecule has 530 valence electrons. The van der Waals surface area contributed by atoms with E-state index < -0.39 is 138 Å². The van der Waals surface area contributed by atoms with Gasteiger partial charge in [-0.2, -0.15) is 0 Å². The van der Waals surface area contributed by atoms with Crippen molar-refractivity contribution in [2.75, 3.05) is 52.4 Å². The third kappa shape index (κ3) is 38.6. The quantitative estimate of drug-likeness (QED) is 0.0153. The second-order valence-electron chi connectivity index (χ2n) is 22.8. The number of rotatable bonds is 50. The third-order valence-corrected chi connectivity index (χ3v) is 14.0. The zero-order valence-electron chi connectivity index (χ0n) is 54.6. The maximum atomic E-state index is 14.5. The highest BCUT2D eigenvalue weighted by molar-refractivity contribution is 5.98. The van der Waals surface area contributed by atoms with E-state index in [2.05, 4.69) is 73.1 Å². The number of amides is 10. The number of guanidine groups is 4. The van der Waals surface area contributed by atoms with Crippen molar-refractivity contribution in [2.45, 2.75) is 198 Å². The molecule has 0 aromatic heterocycles. The van der Waals surface area contributed by atoms with E-state index in [9.17, 15) is 57.8 Å². The number of nitrogens with one attached hydrogen (secondary N) is 10. The van der Waals surface area contributed by atoms with E-state index in [1.807, 2.05) is 0 Å². The molecule has 0 saturated heterocycles. The zero-order chi connectivity index (χ0) is 70.6. The molecule has 0 fully saturated rings. The average Bonchev–Trinajstić information content (AvgIpc) is 1.38. The fourth-order valence-corrected chi connectivity index (χ4v) is 9.06. The van der Waals surface area contributed by atoms with Gasteiger partial charge in [-0.25, -0.2) is 4.79 Å². The molecular weight excluding hydrogens is 1210 g/mol. The minimum absolute atomic E-state index is 0.00326. The molecule has 0 rings (SSSR count). The Morgan fingerprint density at radius 3 is 0.892 bits per heavy atom. The van der Waals surface area contributed by atoms with E-state index in [1.165, 1.54) is 6.92 Å². The van der Waals surface area contributed by atoms with Crippen LogP contribution in [0.15, 0.2) is 20.0 Å². The highest BCUT2D eigenvalue weighted by atomic mass is 16.4. The van der Waals surface area contributed by atoms with Gasteiger partial charge in [-0.3, -0.25) is 67.9 Å². The molecule has 0 heterocycles. The first-order valence-corrected chi connectivity index (χ1v) is 31.4. The van der Waals surface area contributed by atoms with Gasteiger partial charge < -0.3 is 121 Å². The normalized spacial score (nSPS) is 13.8. The molecule has 0 spiro atoms. The van der Waals surface area contributed by atoms with Gasteiger partial charge in [-0.1, -0.05) is 27.7 Å². The Balaban J connectivity index is 7.00. The lowest BCUT2D eigenvalue weighted by molar-refractivity contribution is -0.142. The van der Waals surface area contributed by atoms with E-state index in [0.29, 0.717) is 51.5 Å². The molecule has 37 nitrogen and oxygen atoms in total. The summed E-state index contributed by atoms with van der Waals surface area (Å²) in [5.74, 6) is -11.4. The van der Waals surface area contributed by atoms with Gasteiger partial charge in [0.05, 0.1) is 6.54 Å². The molecule has 0 unspecified atom stereocenters. The average molecular weight is 1320 g/mol. The van der Waals surface area contributed by atoms with Crippen LogP contribution in [0.5, 0.6) is 0 Å². The van der Waals surface area contributed by atoms with Crippen LogP contribution in [0.25, 0.3) is 0 Å². The Bertz CT molecular complexity index is 2480. The van der Waals surface area contributed by atoms with Crippen molar-refractivity contribution >= 4 is 88.9 Å². The van der Waals surface area contributed by atoms with Crippen LogP contribution in [0.3, 0.4) is 0 Å². The van der Waals surface area contributed by atoms with Crippen molar-refractivity contribution in [3.05, 3.63) is 0 Å². The maximum Gasteiger partial charge on any atom is 0.326 e. The summed E-state index contributed by atoms with van der Waals surface area (Å²) in [6, 6.07) is -11.8. The van der Waals surface area contributed by atoms with E-state index in [0.717, 1.165) is 0 Å². The molecule has 0 aromatic rings. The Labute approximate surface area is 543 Å². The molecular formula is C56H109N25O12. The third-order valence-electron chi connectivity index (χ3n) is 14.0. The summed E-state index contributed by atoms with van der Waals surface area (Å²) >= 11 is 0. The van der Waals surface area contributed by atoms with Gasteiger partial charge in [0, 0.05) is 33.1 Å². The van der Waals surface area contributed by atoms with Gasteiger partial charge in [0.2, 0.25) is 59.1 Å². The second kappa shape index (κ2) is 48.0. The molecule has 0 radical (unpaired) electrons. The van der Waals surface area contributed by atoms with Crippen molar-refractivity contribution in [3.8, 4) is 0 Å². The van der Waals surface area contributed by atoms with E-state index in [-0.39, 0.29) is 127 Å². The van der Waals surface area contributed by atoms with Crippen molar-refractivity contribution in [3.63, 3.8) is 0 Å². The molecule has 0 saturated carbocycles. The highest BCUT2D eigenvalue weighted by Crippen LogP contribution is 2.13. The largest absolute Gasteiger partial charge is 0.480 e. The van der Waals surface area contributed by atoms with Crippen LogP contribution in [-0.4, -0.2) is 201 Å². The van der Waals surface area contributed by atoms with Crippen LogP contribution < -0.4 is 116 Å². The number of unbranched alkanes of at least 4 members (excludes halogenated alkanes) is 3. The monoisotopic (exact) mass is 1320 g/mol. The maximum absolute atomic E-state index is 14.5. The van der Waals surface area contributed by atoms with Crippen LogP contribution in [0.1, 0.15) is 144 Å². The Kier molecular flexibility index (Phi) is 43.4. The smallest absolute Gasteiger partial charge is 0.326 e. The van der Waals surface area contributed by atoms with E-state index in [1.54, 1.807) is 27.7 Å². The predicted molar refractivity (Wildman–Crippen MR) is 352 cm³/mol. The number of hydrogen-bond acceptors (Lipinski definition) is 18. The fraction of sp³-hybridized carbons (Fsp3) is 0.732. The molecule has 93 heavy (non-hydrogen) atoms. The summed E-state index contributed by atoms with van der Waals surface area (Å²) in [6.07, 6.45) is 3.10. The van der Waals surface area contributed by atoms with Crippen LogP contribution in [-0.2, 0) is 52.7 Å². The lowest BCUT2D eigenvalue weighted by Crippen LogP contribution is -2.61. The van der Waals surface area contributed by atoms with Gasteiger partial charge in [0.25, 0.3) is 0 Å². The predicted octanol–water partition coefficient (Wildman–Crippen LogP) is -7.52. The minimum atomic E-state index is -1.43. The van der Waals surface area contributed by atoms with Gasteiger partial charge in [-0.15, -0.1) is 0 Å². The SMILES string of the molecule is CC(=O)N[C@@H](CCCN=C(N)N)C(=O)NCC(=O)N[C@@H](CCCN=C(N)N)C(=O)N[C@@H](CCCCN)C(=O)N[C@H](C(=O)N[C@H](C(=O)N[C@@H](CCCN=C(N)N)C(=O)N[C@@H](CCCN=C(N)N)C(=O)N[C@@H](CCCCN)C(=O)N[C@@H](CCCCN)C(=O)O)C(C)C)C(C)C. The number of nitrogens with two attached hydrogens (primary N) is 11. The van der Waals surface area contributed by atoms with Crippen LogP contribution in [0, 0.1) is 11.8 Å². The van der Waals surface area contributed by atoms with Crippen molar-refractivity contribution in [1.29, 1.82) is 0 Å². The highest BCUT2D eigenvalue weighted by Gasteiger charge is 2.36. The summed E-state index contributed by atoms with van der Waals surface area (Å²) in [7, 11) is 0. The topological polar surface area (TPSA) is 664 Å². The number of aliphatic carboxylic acids is 1. The number of aliphatic imine (C=N–C) groups is 4. The van der Waals surface area contributed by atoms with Gasteiger partial charge in [-0.05, 0) is 141 Å². The summed E-state index contributed by atoms with van der Waals surface area (Å²) < 4.78 is 0. The van der Waals surface area contributed by atoms with Crippen molar-refractivity contribution in [2.24, 2.45) is 94.9 Å². The Morgan fingerprint density at radius 2 is 0.591 bits per heavy atom. The second-order valence-corrected chi connectivity index (χ2v) is 22.8. The lowest BCUT2D eigenvalue weighted by Gasteiger charge is -2.30. The first-order chi connectivity index (χ1) is 43.9. The number of carbonyl (C=O) groups is 11. The van der Waals surface area contributed by atoms with Crippen molar-refractivity contribution in [1.82, 2.24) is 53.2 Å². The summed E-state index contributed by atoms with van der Waals surface area (Å²) in [5.41, 5.74) is 61.1. The number of carboxylic acid groups (broad SMARTS) is 1. The van der Waals surface area contributed by atoms with E-state index >= 15 is 0 Å².